The van der Waals surface area contributed by atoms with Crippen LogP contribution in [0.3, 0.4) is 0 Å². The molecule has 164 valence electrons. The maximum absolute atomic E-state index is 12.7. The van der Waals surface area contributed by atoms with Crippen molar-refractivity contribution in [3.63, 3.8) is 0 Å². The number of carbonyl (C=O) groups is 2. The lowest BCUT2D eigenvalue weighted by Gasteiger charge is -2.23. The summed E-state index contributed by atoms with van der Waals surface area (Å²) in [5.74, 6) is -1.16. The quantitative estimate of drug-likeness (QED) is 0.344. The van der Waals surface area contributed by atoms with Gasteiger partial charge in [0.1, 0.15) is 6.54 Å². The molecule has 0 saturated carbocycles. The maximum Gasteiger partial charge on any atom is 0.274 e. The molecule has 0 bridgehead atoms. The highest BCUT2D eigenvalue weighted by molar-refractivity contribution is 7.92. The Morgan fingerprint density at radius 1 is 1.19 bits per heavy atom. The molecule has 2 aromatic rings. The van der Waals surface area contributed by atoms with Gasteiger partial charge in [0.2, 0.25) is 15.9 Å². The SMILES string of the molecule is C=CCNC(=O)c1ccccc1NC(=O)CN(c1cccc([N+](=O)[O-])c1C)S(C)(=O)=O. The molecular formula is C20H22N4O6S. The van der Waals surface area contributed by atoms with Gasteiger partial charge in [-0.3, -0.25) is 24.0 Å². The number of amides is 2. The summed E-state index contributed by atoms with van der Waals surface area (Å²) in [5, 5.41) is 16.3. The van der Waals surface area contributed by atoms with Crippen molar-refractivity contribution in [1.82, 2.24) is 5.32 Å². The number of nitro benzene ring substituents is 1. The van der Waals surface area contributed by atoms with E-state index in [1.165, 1.54) is 43.3 Å². The fraction of sp³-hybridized carbons (Fsp3) is 0.200. The summed E-state index contributed by atoms with van der Waals surface area (Å²) in [6, 6.07) is 10.2. The minimum absolute atomic E-state index is 0.0175. The Hall–Kier alpha value is -3.73. The number of hydrogen-bond donors (Lipinski definition) is 2. The first-order valence-corrected chi connectivity index (χ1v) is 10.9. The zero-order chi connectivity index (χ0) is 23.2. The second kappa shape index (κ2) is 9.85. The van der Waals surface area contributed by atoms with Gasteiger partial charge in [-0.1, -0.05) is 24.3 Å². The Kier molecular flexibility index (Phi) is 7.48. The van der Waals surface area contributed by atoms with Gasteiger partial charge in [0, 0.05) is 12.6 Å². The summed E-state index contributed by atoms with van der Waals surface area (Å²) in [5.41, 5.74) is 0.239. The van der Waals surface area contributed by atoms with Crippen molar-refractivity contribution in [2.45, 2.75) is 6.92 Å². The number of benzene rings is 2. The third kappa shape index (κ3) is 5.89. The smallest absolute Gasteiger partial charge is 0.274 e. The second-order valence-electron chi connectivity index (χ2n) is 6.54. The average molecular weight is 446 g/mol. The van der Waals surface area contributed by atoms with E-state index in [0.29, 0.717) is 0 Å². The number of para-hydroxylation sites is 1. The number of nitrogens with one attached hydrogen (secondary N) is 2. The van der Waals surface area contributed by atoms with Crippen LogP contribution in [0.2, 0.25) is 0 Å². The van der Waals surface area contributed by atoms with Gasteiger partial charge in [0.05, 0.1) is 33.7 Å². The molecule has 0 atom stereocenters. The molecule has 0 aliphatic carbocycles. The molecule has 0 saturated heterocycles. The lowest BCUT2D eigenvalue weighted by atomic mass is 10.1. The van der Waals surface area contributed by atoms with Crippen LogP contribution < -0.4 is 14.9 Å². The molecule has 10 nitrogen and oxygen atoms in total. The van der Waals surface area contributed by atoms with E-state index in [2.05, 4.69) is 17.2 Å². The molecule has 0 spiro atoms. The van der Waals surface area contributed by atoms with E-state index in [9.17, 15) is 28.1 Å². The summed E-state index contributed by atoms with van der Waals surface area (Å²) in [7, 11) is -3.95. The monoisotopic (exact) mass is 446 g/mol. The van der Waals surface area contributed by atoms with E-state index >= 15 is 0 Å². The molecule has 0 aliphatic rings. The van der Waals surface area contributed by atoms with Crippen LogP contribution in [0, 0.1) is 17.0 Å². The normalized spacial score (nSPS) is 10.8. The molecule has 0 aromatic heterocycles. The van der Waals surface area contributed by atoms with Gasteiger partial charge in [-0.25, -0.2) is 8.42 Å². The molecule has 0 aliphatic heterocycles. The van der Waals surface area contributed by atoms with Crippen molar-refractivity contribution in [3.8, 4) is 0 Å². The van der Waals surface area contributed by atoms with Crippen LogP contribution in [0.5, 0.6) is 0 Å². The van der Waals surface area contributed by atoms with E-state index in [1.807, 2.05) is 0 Å². The number of hydrogen-bond acceptors (Lipinski definition) is 6. The standard InChI is InChI=1S/C20H22N4O6S/c1-4-12-21-20(26)15-8-5-6-9-16(15)22-19(25)13-23(31(3,29)30)17-10-7-11-18(14(17)2)24(27)28/h4-11H,1,12-13H2,2-3H3,(H,21,26)(H,22,25). The molecular weight excluding hydrogens is 424 g/mol. The molecule has 0 radical (unpaired) electrons. The van der Waals surface area contributed by atoms with E-state index in [4.69, 9.17) is 0 Å². The highest BCUT2D eigenvalue weighted by Crippen LogP contribution is 2.29. The zero-order valence-electron chi connectivity index (χ0n) is 17.0. The Morgan fingerprint density at radius 2 is 1.87 bits per heavy atom. The molecule has 0 unspecified atom stereocenters. The number of rotatable bonds is 9. The minimum Gasteiger partial charge on any atom is -0.349 e. The first-order chi connectivity index (χ1) is 14.6. The summed E-state index contributed by atoms with van der Waals surface area (Å²) in [6.07, 6.45) is 2.40. The van der Waals surface area contributed by atoms with Crippen LogP contribution >= 0.6 is 0 Å². The van der Waals surface area contributed by atoms with Crippen LogP contribution in [0.4, 0.5) is 17.1 Å². The third-order valence-electron chi connectivity index (χ3n) is 4.28. The van der Waals surface area contributed by atoms with Crippen LogP contribution in [-0.2, 0) is 14.8 Å². The zero-order valence-corrected chi connectivity index (χ0v) is 17.8. The molecule has 2 N–H and O–H groups in total. The molecule has 0 heterocycles. The van der Waals surface area contributed by atoms with Gasteiger partial charge < -0.3 is 10.6 Å². The topological polar surface area (TPSA) is 139 Å². The first kappa shape index (κ1) is 23.5. The highest BCUT2D eigenvalue weighted by atomic mass is 32.2. The van der Waals surface area contributed by atoms with Crippen molar-refractivity contribution in [3.05, 3.63) is 76.4 Å². The minimum atomic E-state index is -3.95. The van der Waals surface area contributed by atoms with Crippen molar-refractivity contribution in [2.24, 2.45) is 0 Å². The third-order valence-corrected chi connectivity index (χ3v) is 5.41. The predicted octanol–water partition coefficient (Wildman–Crippen LogP) is 2.22. The van der Waals surface area contributed by atoms with Crippen molar-refractivity contribution in [2.75, 3.05) is 29.0 Å². The summed E-state index contributed by atoms with van der Waals surface area (Å²) < 4.78 is 25.5. The number of nitro groups is 1. The van der Waals surface area contributed by atoms with Gasteiger partial charge >= 0.3 is 0 Å². The Balaban J connectivity index is 2.33. The number of nitrogens with zero attached hydrogens (tertiary/aromatic N) is 2. The van der Waals surface area contributed by atoms with Gasteiger partial charge in [-0.2, -0.15) is 0 Å². The fourth-order valence-corrected chi connectivity index (χ4v) is 3.74. The van der Waals surface area contributed by atoms with E-state index in [-0.39, 0.29) is 34.7 Å². The maximum atomic E-state index is 12.7. The van der Waals surface area contributed by atoms with E-state index in [0.717, 1.165) is 10.6 Å². The Morgan fingerprint density at radius 3 is 2.48 bits per heavy atom. The van der Waals surface area contributed by atoms with Gasteiger partial charge in [0.25, 0.3) is 11.6 Å². The number of carbonyl (C=O) groups excluding carboxylic acids is 2. The highest BCUT2D eigenvalue weighted by Gasteiger charge is 2.26. The van der Waals surface area contributed by atoms with Crippen molar-refractivity contribution in [1.29, 1.82) is 0 Å². The summed E-state index contributed by atoms with van der Waals surface area (Å²) in [4.78, 5) is 35.5. The number of anilines is 2. The Bertz CT molecular complexity index is 1130. The van der Waals surface area contributed by atoms with Gasteiger partial charge in [-0.05, 0) is 25.1 Å². The largest absolute Gasteiger partial charge is 0.349 e. The Labute approximate surface area is 179 Å². The molecule has 11 heteroatoms. The van der Waals surface area contributed by atoms with Gasteiger partial charge in [0.15, 0.2) is 0 Å². The van der Waals surface area contributed by atoms with E-state index in [1.54, 1.807) is 12.1 Å². The molecule has 2 rings (SSSR count). The predicted molar refractivity (Wildman–Crippen MR) is 118 cm³/mol. The molecule has 31 heavy (non-hydrogen) atoms. The lowest BCUT2D eigenvalue weighted by Crippen LogP contribution is -2.38. The summed E-state index contributed by atoms with van der Waals surface area (Å²) >= 11 is 0. The van der Waals surface area contributed by atoms with Crippen LogP contribution in [0.25, 0.3) is 0 Å². The molecule has 2 aromatic carbocycles. The van der Waals surface area contributed by atoms with Crippen LogP contribution in [0.15, 0.2) is 55.1 Å². The van der Waals surface area contributed by atoms with Crippen LogP contribution in [0.1, 0.15) is 15.9 Å². The van der Waals surface area contributed by atoms with Crippen molar-refractivity contribution < 1.29 is 22.9 Å². The average Bonchev–Trinajstić information content (AvgIpc) is 2.70. The molecule has 2 amide bonds. The molecule has 0 fully saturated rings. The van der Waals surface area contributed by atoms with Crippen molar-refractivity contribution >= 4 is 38.9 Å². The van der Waals surface area contributed by atoms with E-state index < -0.39 is 33.3 Å². The van der Waals surface area contributed by atoms with Gasteiger partial charge in [-0.15, -0.1) is 6.58 Å². The summed E-state index contributed by atoms with van der Waals surface area (Å²) in [6.45, 7) is 4.52. The fourth-order valence-electron chi connectivity index (χ4n) is 2.83. The lowest BCUT2D eigenvalue weighted by molar-refractivity contribution is -0.385. The van der Waals surface area contributed by atoms with Crippen LogP contribution in [-0.4, -0.2) is 44.5 Å². The number of sulfonamides is 1. The second-order valence-corrected chi connectivity index (χ2v) is 8.45. The first-order valence-electron chi connectivity index (χ1n) is 9.06.